The van der Waals surface area contributed by atoms with Crippen LogP contribution >= 0.6 is 0 Å². The Morgan fingerprint density at radius 2 is 1.51 bits per heavy atom. The van der Waals surface area contributed by atoms with Crippen LogP contribution in [0.25, 0.3) is 0 Å². The topological polar surface area (TPSA) is 129 Å². The maximum absolute atomic E-state index is 13.0. The minimum absolute atomic E-state index is 0.0221. The fraction of sp³-hybridized carbons (Fsp3) is 0.925. The van der Waals surface area contributed by atoms with Crippen LogP contribution in [0.2, 0.25) is 0 Å². The normalized spacial score (nSPS) is 45.7. The number of fused-ring (bicyclic) bond motifs is 4. The van der Waals surface area contributed by atoms with Crippen LogP contribution in [0.1, 0.15) is 140 Å². The number of hydrogen-bond acceptors (Lipinski definition) is 9. The maximum Gasteiger partial charge on any atom is 0.306 e. The highest BCUT2D eigenvalue weighted by Crippen LogP contribution is 2.89. The Morgan fingerprint density at radius 1 is 0.898 bits per heavy atom. The van der Waals surface area contributed by atoms with Gasteiger partial charge in [0, 0.05) is 17.8 Å². The first-order chi connectivity index (χ1) is 22.4. The van der Waals surface area contributed by atoms with Gasteiger partial charge in [-0.3, -0.25) is 14.4 Å². The Morgan fingerprint density at radius 3 is 2.12 bits per heavy atom. The molecule has 278 valence electrons. The van der Waals surface area contributed by atoms with Crippen LogP contribution in [0, 0.1) is 50.7 Å². The highest BCUT2D eigenvalue weighted by Gasteiger charge is 2.84. The molecule has 2 spiro atoms. The average Bonchev–Trinajstić information content (AvgIpc) is 3.59. The van der Waals surface area contributed by atoms with Crippen molar-refractivity contribution in [3.05, 3.63) is 0 Å². The van der Waals surface area contributed by atoms with Crippen molar-refractivity contribution in [3.8, 4) is 0 Å². The van der Waals surface area contributed by atoms with Crippen LogP contribution in [0.4, 0.5) is 0 Å². The largest absolute Gasteiger partial charge is 0.462 e. The lowest BCUT2D eigenvalue weighted by atomic mass is 9.41. The predicted molar refractivity (Wildman–Crippen MR) is 183 cm³/mol. The lowest BCUT2D eigenvalue weighted by Gasteiger charge is -2.63. The molecule has 0 amide bonds. The van der Waals surface area contributed by atoms with E-state index >= 15 is 0 Å². The van der Waals surface area contributed by atoms with Gasteiger partial charge in [-0.25, -0.2) is 0 Å². The summed E-state index contributed by atoms with van der Waals surface area (Å²) in [6, 6.07) is 0. The number of esters is 3. The molecule has 6 aliphatic rings. The Labute approximate surface area is 293 Å². The highest BCUT2D eigenvalue weighted by atomic mass is 16.6. The van der Waals surface area contributed by atoms with Crippen LogP contribution in [0.3, 0.4) is 0 Å². The molecule has 1 aliphatic heterocycles. The summed E-state index contributed by atoms with van der Waals surface area (Å²) in [4.78, 5) is 37.3. The van der Waals surface area contributed by atoms with Crippen molar-refractivity contribution in [2.45, 2.75) is 182 Å². The zero-order valence-corrected chi connectivity index (χ0v) is 32.0. The van der Waals surface area contributed by atoms with Gasteiger partial charge >= 0.3 is 17.9 Å². The van der Waals surface area contributed by atoms with Gasteiger partial charge in [0.05, 0.1) is 36.8 Å². The summed E-state index contributed by atoms with van der Waals surface area (Å²) in [6.45, 7) is 21.7. The highest BCUT2D eigenvalue weighted by molar-refractivity contribution is 5.78. The summed E-state index contributed by atoms with van der Waals surface area (Å²) >= 11 is 0. The molecule has 0 aromatic rings. The van der Waals surface area contributed by atoms with Crippen molar-refractivity contribution in [1.82, 2.24) is 0 Å². The van der Waals surface area contributed by atoms with Crippen molar-refractivity contribution >= 4 is 17.9 Å². The Bertz CT molecular complexity index is 1340. The van der Waals surface area contributed by atoms with Gasteiger partial charge in [-0.1, -0.05) is 34.6 Å². The molecule has 1 heterocycles. The molecule has 0 radical (unpaired) electrons. The number of carbonyl (C=O) groups excluding carboxylic acids is 3. The summed E-state index contributed by atoms with van der Waals surface area (Å²) in [6.07, 6.45) is 5.37. The molecule has 0 aromatic carbocycles. The number of rotatable bonds is 7. The maximum atomic E-state index is 13.0. The number of aliphatic hydroxyl groups is 2. The monoisotopic (exact) mass is 688 g/mol. The van der Waals surface area contributed by atoms with E-state index in [2.05, 4.69) is 34.6 Å². The van der Waals surface area contributed by atoms with Gasteiger partial charge in [0.1, 0.15) is 11.7 Å². The van der Waals surface area contributed by atoms with Crippen molar-refractivity contribution in [1.29, 1.82) is 0 Å². The van der Waals surface area contributed by atoms with Crippen LogP contribution in [0.5, 0.6) is 0 Å². The summed E-state index contributed by atoms with van der Waals surface area (Å²) < 4.78 is 24.0. The molecule has 49 heavy (non-hydrogen) atoms. The number of hydrogen-bond donors (Lipinski definition) is 2. The third kappa shape index (κ3) is 5.52. The van der Waals surface area contributed by atoms with Crippen molar-refractivity contribution in [2.24, 2.45) is 50.7 Å². The van der Waals surface area contributed by atoms with Gasteiger partial charge < -0.3 is 29.2 Å². The summed E-state index contributed by atoms with van der Waals surface area (Å²) in [7, 11) is 0. The number of carbonyl (C=O) groups is 3. The molecule has 1 saturated heterocycles. The standard InChI is InChI=1S/C40H64O9/c1-22-20-24(33(36(8,9)45)46-23(2)41)47-31-30(22)37(10)18-19-40-21-39(40)17-16-27(48-28(42)14-15-29(43)49-34(3,4)5)35(6,7)25(39)12-13-26(40)38(37,11)32(31)44/h22,24-27,30-33,44-45H,12-21H2,1-11H3/t22?,24-,25+,26+,27+,30?,31+,32+,33+,37-,38-,39?,40+/m1/s1. The molecule has 6 rings (SSSR count). The molecule has 0 bridgehead atoms. The number of ether oxygens (including phenoxy) is 4. The van der Waals surface area contributed by atoms with E-state index in [0.29, 0.717) is 18.3 Å². The Balaban J connectivity index is 1.20. The molecular weight excluding hydrogens is 624 g/mol. The first-order valence-corrected chi connectivity index (χ1v) is 19.1. The van der Waals surface area contributed by atoms with Gasteiger partial charge in [-0.15, -0.1) is 0 Å². The second-order valence-electron chi connectivity index (χ2n) is 19.8. The predicted octanol–water partition coefficient (Wildman–Crippen LogP) is 6.54. The fourth-order valence-corrected chi connectivity index (χ4v) is 13.4. The van der Waals surface area contributed by atoms with Crippen LogP contribution in [0.15, 0.2) is 0 Å². The van der Waals surface area contributed by atoms with E-state index in [1.165, 1.54) is 6.92 Å². The van der Waals surface area contributed by atoms with E-state index in [1.807, 2.05) is 20.8 Å². The second-order valence-corrected chi connectivity index (χ2v) is 19.8. The first-order valence-electron chi connectivity index (χ1n) is 19.1. The Kier molecular flexibility index (Phi) is 8.81. The molecular formula is C40H64O9. The minimum Gasteiger partial charge on any atom is -0.462 e. The summed E-state index contributed by atoms with van der Waals surface area (Å²) in [5.74, 6) is 0.00301. The third-order valence-electron chi connectivity index (χ3n) is 15.3. The van der Waals surface area contributed by atoms with E-state index < -0.39 is 35.5 Å². The zero-order valence-electron chi connectivity index (χ0n) is 32.0. The van der Waals surface area contributed by atoms with Gasteiger partial charge in [-0.2, -0.15) is 0 Å². The van der Waals surface area contributed by atoms with Gasteiger partial charge in [-0.05, 0) is 126 Å². The van der Waals surface area contributed by atoms with Crippen LogP contribution in [-0.4, -0.2) is 69.8 Å². The number of aliphatic hydroxyl groups excluding tert-OH is 1. The lowest BCUT2D eigenvalue weighted by Crippen LogP contribution is -2.60. The molecule has 2 N–H and O–H groups in total. The van der Waals surface area contributed by atoms with Crippen molar-refractivity contribution in [2.75, 3.05) is 0 Å². The smallest absolute Gasteiger partial charge is 0.306 e. The lowest BCUT2D eigenvalue weighted by molar-refractivity contribution is -0.216. The first kappa shape index (κ1) is 37.1. The average molecular weight is 689 g/mol. The van der Waals surface area contributed by atoms with Crippen molar-refractivity contribution < 1.29 is 43.5 Å². The molecule has 9 heteroatoms. The summed E-state index contributed by atoms with van der Waals surface area (Å²) in [5.41, 5.74) is -2.21. The molecule has 0 aromatic heterocycles. The van der Waals surface area contributed by atoms with Gasteiger partial charge in [0.2, 0.25) is 0 Å². The SMILES string of the molecule is CC(=O)O[C@@H]([C@H]1CC(C)C2[C@H](O1)[C@H](O)[C@@]1(C)[C@@H]3CC[C@H]4C(C)(C)[C@@H](OC(=O)CCC(=O)OC(C)(C)C)CCC45C[C@@]35CC[C@]21C)C(C)(C)O. The van der Waals surface area contributed by atoms with Gasteiger partial charge in [0.15, 0.2) is 6.10 Å². The van der Waals surface area contributed by atoms with Gasteiger partial charge in [0.25, 0.3) is 0 Å². The molecule has 9 nitrogen and oxygen atoms in total. The molecule has 13 atom stereocenters. The third-order valence-corrected chi connectivity index (χ3v) is 15.3. The molecule has 5 aliphatic carbocycles. The van der Waals surface area contributed by atoms with E-state index in [4.69, 9.17) is 18.9 Å². The quantitative estimate of drug-likeness (QED) is 0.226. The molecule has 3 unspecified atom stereocenters. The zero-order chi connectivity index (χ0) is 36.3. The molecule has 6 fully saturated rings. The van der Waals surface area contributed by atoms with E-state index in [-0.39, 0.29) is 75.9 Å². The van der Waals surface area contributed by atoms with Crippen molar-refractivity contribution in [3.63, 3.8) is 0 Å². The van der Waals surface area contributed by atoms with Crippen LogP contribution in [-0.2, 0) is 33.3 Å². The second kappa shape index (κ2) is 11.6. The Hall–Kier alpha value is -1.71. The van der Waals surface area contributed by atoms with Crippen LogP contribution < -0.4 is 0 Å². The van der Waals surface area contributed by atoms with E-state index in [1.54, 1.807) is 13.8 Å². The van der Waals surface area contributed by atoms with E-state index in [0.717, 1.165) is 44.9 Å². The molecule has 5 saturated carbocycles. The minimum atomic E-state index is -1.28. The van der Waals surface area contributed by atoms with E-state index in [9.17, 15) is 24.6 Å². The summed E-state index contributed by atoms with van der Waals surface area (Å²) in [5, 5.41) is 23.5. The fourth-order valence-electron chi connectivity index (χ4n) is 13.4.